The Labute approximate surface area is 121 Å². The minimum atomic E-state index is -2.72. The Hall–Kier alpha value is -2.13. The van der Waals surface area contributed by atoms with Crippen molar-refractivity contribution in [3.8, 4) is 0 Å². The Morgan fingerprint density at radius 2 is 1.81 bits per heavy atom. The van der Waals surface area contributed by atoms with Crippen molar-refractivity contribution in [3.63, 3.8) is 0 Å². The van der Waals surface area contributed by atoms with Gasteiger partial charge in [-0.3, -0.25) is 4.79 Å². The number of hydrogen-bond acceptors (Lipinski definition) is 7. The largest absolute Gasteiger partial charge is 0.481 e. The van der Waals surface area contributed by atoms with E-state index in [0.29, 0.717) is 0 Å². The van der Waals surface area contributed by atoms with Crippen molar-refractivity contribution in [3.05, 3.63) is 11.8 Å². The second-order valence-corrected chi connectivity index (χ2v) is 4.68. The summed E-state index contributed by atoms with van der Waals surface area (Å²) in [4.78, 5) is 38.0. The molecule has 120 valence electrons. The van der Waals surface area contributed by atoms with Gasteiger partial charge in [0.25, 0.3) is 0 Å². The van der Waals surface area contributed by atoms with Gasteiger partial charge in [0.2, 0.25) is 0 Å². The lowest BCUT2D eigenvalue weighted by Crippen LogP contribution is -2.44. The number of carbonyl (C=O) groups is 3. The predicted octanol–water partition coefficient (Wildman–Crippen LogP) is -0.690. The summed E-state index contributed by atoms with van der Waals surface area (Å²) in [6, 6.07) is 0. The highest BCUT2D eigenvalue weighted by Gasteiger charge is 2.41. The van der Waals surface area contributed by atoms with E-state index in [1.54, 1.807) is 13.8 Å². The van der Waals surface area contributed by atoms with Crippen LogP contribution in [0.4, 0.5) is 0 Å². The van der Waals surface area contributed by atoms with Gasteiger partial charge in [0.05, 0.1) is 19.4 Å². The highest BCUT2D eigenvalue weighted by molar-refractivity contribution is 5.88. The van der Waals surface area contributed by atoms with E-state index >= 15 is 0 Å². The standard InChI is InChI=1S/C12H20N2O7/c1-8(2)7-14(4-3-13)21-10(17)6-12(20,11(18)19)5-9(15)16/h7,20H,3-6,13H2,1-2H3,(H,15,16)(H,18,19). The molecule has 0 saturated heterocycles. The average Bonchev–Trinajstić information content (AvgIpc) is 2.26. The highest BCUT2D eigenvalue weighted by Crippen LogP contribution is 2.17. The summed E-state index contributed by atoms with van der Waals surface area (Å²) >= 11 is 0. The van der Waals surface area contributed by atoms with Gasteiger partial charge in [0.1, 0.15) is 0 Å². The maximum Gasteiger partial charge on any atom is 0.336 e. The van der Waals surface area contributed by atoms with E-state index in [1.807, 2.05) is 0 Å². The highest BCUT2D eigenvalue weighted by atomic mass is 16.7. The van der Waals surface area contributed by atoms with Gasteiger partial charge in [0.15, 0.2) is 5.60 Å². The lowest BCUT2D eigenvalue weighted by Gasteiger charge is -2.23. The van der Waals surface area contributed by atoms with Crippen molar-refractivity contribution in [1.82, 2.24) is 5.06 Å². The first-order chi connectivity index (χ1) is 9.60. The average molecular weight is 304 g/mol. The van der Waals surface area contributed by atoms with Crippen LogP contribution in [-0.2, 0) is 19.2 Å². The van der Waals surface area contributed by atoms with E-state index in [9.17, 15) is 19.5 Å². The molecule has 0 rings (SSSR count). The van der Waals surface area contributed by atoms with Gasteiger partial charge >= 0.3 is 17.9 Å². The number of aliphatic carboxylic acids is 2. The van der Waals surface area contributed by atoms with E-state index in [1.165, 1.54) is 6.20 Å². The van der Waals surface area contributed by atoms with Crippen LogP contribution in [0.15, 0.2) is 11.8 Å². The summed E-state index contributed by atoms with van der Waals surface area (Å²) in [5, 5.41) is 28.2. The van der Waals surface area contributed by atoms with Crippen molar-refractivity contribution in [1.29, 1.82) is 0 Å². The maximum absolute atomic E-state index is 11.7. The first-order valence-corrected chi connectivity index (χ1v) is 6.11. The van der Waals surface area contributed by atoms with Crippen LogP contribution in [0.3, 0.4) is 0 Å². The fourth-order valence-corrected chi connectivity index (χ4v) is 1.42. The van der Waals surface area contributed by atoms with Gasteiger partial charge in [-0.2, -0.15) is 0 Å². The van der Waals surface area contributed by atoms with Crippen LogP contribution in [0.2, 0.25) is 0 Å². The Balaban J connectivity index is 4.87. The summed E-state index contributed by atoms with van der Waals surface area (Å²) in [7, 11) is 0. The SMILES string of the molecule is CC(C)=CN(CCN)OC(=O)CC(O)(CC(=O)O)C(=O)O. The molecule has 9 nitrogen and oxygen atoms in total. The number of aliphatic hydroxyl groups is 1. The molecule has 9 heteroatoms. The molecule has 0 bridgehead atoms. The molecule has 0 aliphatic rings. The molecule has 5 N–H and O–H groups in total. The summed E-state index contributed by atoms with van der Waals surface area (Å²) in [6.07, 6.45) is -0.634. The molecule has 0 aliphatic heterocycles. The Bertz CT molecular complexity index is 431. The second-order valence-electron chi connectivity index (χ2n) is 4.68. The number of hydrogen-bond donors (Lipinski definition) is 4. The Kier molecular flexibility index (Phi) is 7.39. The molecule has 0 spiro atoms. The molecule has 0 amide bonds. The van der Waals surface area contributed by atoms with Gasteiger partial charge in [0, 0.05) is 12.7 Å². The van der Waals surface area contributed by atoms with Gasteiger partial charge < -0.3 is 25.9 Å². The number of rotatable bonds is 9. The fraction of sp³-hybridized carbons (Fsp3) is 0.583. The van der Waals surface area contributed by atoms with Crippen LogP contribution in [0, 0.1) is 0 Å². The van der Waals surface area contributed by atoms with Crippen LogP contribution in [0.1, 0.15) is 26.7 Å². The second kappa shape index (κ2) is 8.22. The lowest BCUT2D eigenvalue weighted by atomic mass is 9.96. The van der Waals surface area contributed by atoms with E-state index in [4.69, 9.17) is 20.8 Å². The topological polar surface area (TPSA) is 150 Å². The predicted molar refractivity (Wildman–Crippen MR) is 70.7 cm³/mol. The molecule has 1 unspecified atom stereocenters. The van der Waals surface area contributed by atoms with E-state index in [2.05, 4.69) is 0 Å². The van der Waals surface area contributed by atoms with Crippen molar-refractivity contribution in [2.45, 2.75) is 32.3 Å². The minimum absolute atomic E-state index is 0.168. The zero-order valence-electron chi connectivity index (χ0n) is 11.9. The number of carboxylic acid groups (broad SMARTS) is 2. The fourth-order valence-electron chi connectivity index (χ4n) is 1.42. The van der Waals surface area contributed by atoms with Crippen LogP contribution in [0.25, 0.3) is 0 Å². The Morgan fingerprint density at radius 1 is 1.24 bits per heavy atom. The molecule has 0 heterocycles. The summed E-state index contributed by atoms with van der Waals surface area (Å²) in [6.45, 7) is 3.83. The molecule has 0 aromatic rings. The molecule has 1 atom stereocenters. The molecular weight excluding hydrogens is 284 g/mol. The number of hydroxylamine groups is 2. The van der Waals surface area contributed by atoms with Gasteiger partial charge in [-0.1, -0.05) is 5.57 Å². The monoisotopic (exact) mass is 304 g/mol. The third kappa shape index (κ3) is 7.28. The molecular formula is C12H20N2O7. The van der Waals surface area contributed by atoms with Crippen molar-refractivity contribution >= 4 is 17.9 Å². The van der Waals surface area contributed by atoms with Crippen LogP contribution >= 0.6 is 0 Å². The number of carboxylic acids is 2. The quantitative estimate of drug-likeness (QED) is 0.406. The van der Waals surface area contributed by atoms with Crippen LogP contribution in [0.5, 0.6) is 0 Å². The summed E-state index contributed by atoms with van der Waals surface area (Å²) < 4.78 is 0. The number of allylic oxidation sites excluding steroid dienone is 1. The van der Waals surface area contributed by atoms with Gasteiger partial charge in [-0.15, -0.1) is 0 Å². The smallest absolute Gasteiger partial charge is 0.336 e. The molecule has 0 saturated carbocycles. The van der Waals surface area contributed by atoms with Crippen LogP contribution < -0.4 is 5.73 Å². The van der Waals surface area contributed by atoms with Crippen molar-refractivity contribution < 1.29 is 34.5 Å². The minimum Gasteiger partial charge on any atom is -0.481 e. The zero-order chi connectivity index (χ0) is 16.6. The van der Waals surface area contributed by atoms with Gasteiger partial charge in [-0.25, -0.2) is 14.7 Å². The lowest BCUT2D eigenvalue weighted by molar-refractivity contribution is -0.189. The summed E-state index contributed by atoms with van der Waals surface area (Å²) in [5.74, 6) is -4.43. The number of nitrogens with two attached hydrogens (primary N) is 1. The normalized spacial score (nSPS) is 13.0. The molecule has 0 fully saturated rings. The molecule has 21 heavy (non-hydrogen) atoms. The maximum atomic E-state index is 11.7. The third-order valence-electron chi connectivity index (χ3n) is 2.25. The number of carbonyl (C=O) groups excluding carboxylic acids is 1. The Morgan fingerprint density at radius 3 is 2.19 bits per heavy atom. The zero-order valence-corrected chi connectivity index (χ0v) is 11.9. The number of nitrogens with zero attached hydrogens (tertiary/aromatic N) is 1. The summed E-state index contributed by atoms with van der Waals surface area (Å²) in [5.41, 5.74) is 3.42. The van der Waals surface area contributed by atoms with E-state index in [0.717, 1.165) is 10.6 Å². The third-order valence-corrected chi connectivity index (χ3v) is 2.25. The van der Waals surface area contributed by atoms with Crippen molar-refractivity contribution in [2.75, 3.05) is 13.1 Å². The van der Waals surface area contributed by atoms with Crippen LogP contribution in [-0.4, -0.2) is 57.0 Å². The first-order valence-electron chi connectivity index (χ1n) is 6.11. The molecule has 0 radical (unpaired) electrons. The van der Waals surface area contributed by atoms with Gasteiger partial charge in [-0.05, 0) is 13.8 Å². The van der Waals surface area contributed by atoms with E-state index in [-0.39, 0.29) is 13.1 Å². The van der Waals surface area contributed by atoms with E-state index < -0.39 is 36.4 Å². The molecule has 0 aromatic carbocycles. The first kappa shape index (κ1) is 18.9. The molecule has 0 aromatic heterocycles. The van der Waals surface area contributed by atoms with Crippen molar-refractivity contribution in [2.24, 2.45) is 5.73 Å². The molecule has 0 aliphatic carbocycles.